The van der Waals surface area contributed by atoms with E-state index in [1.54, 1.807) is 5.38 Å². The molecule has 11 heteroatoms. The van der Waals surface area contributed by atoms with Crippen LogP contribution in [0.2, 0.25) is 0 Å². The van der Waals surface area contributed by atoms with Crippen molar-refractivity contribution in [3.63, 3.8) is 0 Å². The molecule has 0 atom stereocenters. The molecule has 0 aliphatic carbocycles. The first-order valence-corrected chi connectivity index (χ1v) is 10.7. The number of aromatic amines is 1. The lowest BCUT2D eigenvalue weighted by atomic mass is 10.1. The third kappa shape index (κ3) is 3.63. The van der Waals surface area contributed by atoms with Gasteiger partial charge in [-0.05, 0) is 25.1 Å². The smallest absolute Gasteiger partial charge is 0.352 e. The summed E-state index contributed by atoms with van der Waals surface area (Å²) in [4.78, 5) is 52.2. The number of aromatic hydroxyl groups is 1. The van der Waals surface area contributed by atoms with Crippen LogP contribution < -0.4 is 21.8 Å². The lowest BCUT2D eigenvalue weighted by Crippen LogP contribution is -2.21. The third-order valence-corrected chi connectivity index (χ3v) is 6.24. The summed E-state index contributed by atoms with van der Waals surface area (Å²) in [7, 11) is 2.80. The second kappa shape index (κ2) is 7.61. The number of rotatable bonds is 4. The molecule has 3 heterocycles. The van der Waals surface area contributed by atoms with Crippen molar-refractivity contribution in [2.24, 2.45) is 0 Å². The van der Waals surface area contributed by atoms with Crippen molar-refractivity contribution in [3.05, 3.63) is 73.4 Å². The minimum atomic E-state index is -0.977. The van der Waals surface area contributed by atoms with Crippen LogP contribution in [-0.4, -0.2) is 21.9 Å². The molecule has 152 valence electrons. The molecule has 0 saturated heterocycles. The summed E-state index contributed by atoms with van der Waals surface area (Å²) in [5.74, 6) is -1.77. The van der Waals surface area contributed by atoms with Crippen LogP contribution in [0.4, 0.5) is 11.4 Å². The molecule has 2 aliphatic heterocycles. The molecule has 0 fully saturated rings. The second-order valence-electron chi connectivity index (χ2n) is 6.26. The van der Waals surface area contributed by atoms with Crippen LogP contribution in [0.25, 0.3) is 10.6 Å². The summed E-state index contributed by atoms with van der Waals surface area (Å²) in [5, 5.41) is 16.7. The first-order chi connectivity index (χ1) is 14.3. The number of amides is 2. The van der Waals surface area contributed by atoms with Crippen LogP contribution in [0.1, 0.15) is 26.5 Å². The number of carbonyl (C=O) groups is 2. The summed E-state index contributed by atoms with van der Waals surface area (Å²) in [5.41, 5.74) is -0.700. The Kier molecular flexibility index (Phi) is 4.98. The monoisotopic (exact) mass is 443 g/mol. The third-order valence-electron chi connectivity index (χ3n) is 4.15. The van der Waals surface area contributed by atoms with Crippen LogP contribution in [0.15, 0.2) is 49.7 Å². The van der Waals surface area contributed by atoms with Gasteiger partial charge < -0.3 is 25.1 Å². The average molecular weight is 443 g/mol. The number of hydrogen-bond acceptors (Lipinski definition) is 8. The highest BCUT2D eigenvalue weighted by atomic mass is 32.9. The fourth-order valence-corrected chi connectivity index (χ4v) is 4.96. The molecule has 0 spiro atoms. The maximum absolute atomic E-state index is 12.6. The summed E-state index contributed by atoms with van der Waals surface area (Å²) in [6, 6.07) is 7.08. The number of hydrogen-bond donors (Lipinski definition) is 4. The Hall–Kier alpha value is -3.70. The van der Waals surface area contributed by atoms with E-state index >= 15 is 0 Å². The van der Waals surface area contributed by atoms with Gasteiger partial charge in [0.15, 0.2) is 5.56 Å². The number of H-pyrrole nitrogens is 1. The van der Waals surface area contributed by atoms with Gasteiger partial charge in [0.05, 0.1) is 10.6 Å². The first-order valence-electron chi connectivity index (χ1n) is 8.49. The molecule has 2 aromatic rings. The molecule has 1 aromatic heterocycles. The van der Waals surface area contributed by atoms with E-state index in [0.717, 1.165) is 6.07 Å². The van der Waals surface area contributed by atoms with Gasteiger partial charge in [0.25, 0.3) is 17.4 Å². The molecule has 9 nitrogen and oxygen atoms in total. The maximum Gasteiger partial charge on any atom is 0.352 e. The fraction of sp³-hybridized carbons (Fsp3) is 0.0526. The van der Waals surface area contributed by atoms with Crippen molar-refractivity contribution in [2.75, 3.05) is 10.6 Å². The van der Waals surface area contributed by atoms with E-state index in [1.165, 1.54) is 51.9 Å². The van der Waals surface area contributed by atoms with Crippen LogP contribution >= 0.6 is 20.7 Å². The minimum absolute atomic E-state index is 0.163. The number of benzene rings is 1. The fourth-order valence-electron chi connectivity index (χ4n) is 2.81. The summed E-state index contributed by atoms with van der Waals surface area (Å²) < 4.78 is 4.84. The molecule has 4 N–H and O–H groups in total. The van der Waals surface area contributed by atoms with E-state index < -0.39 is 34.3 Å². The van der Waals surface area contributed by atoms with Gasteiger partial charge in [0.2, 0.25) is 0 Å². The Labute approximate surface area is 175 Å². The van der Waals surface area contributed by atoms with Gasteiger partial charge in [-0.25, -0.2) is 4.79 Å². The van der Waals surface area contributed by atoms with Crippen molar-refractivity contribution in [3.8, 4) is 16.3 Å². The molecule has 0 unspecified atom stereocenters. The van der Waals surface area contributed by atoms with E-state index in [4.69, 9.17) is 4.42 Å². The van der Waals surface area contributed by atoms with Gasteiger partial charge in [-0.3, -0.25) is 14.4 Å². The van der Waals surface area contributed by atoms with Crippen molar-refractivity contribution in [1.29, 1.82) is 0 Å². The number of aryl methyl sites for hydroxylation is 1. The Morgan fingerprint density at radius 3 is 2.70 bits per heavy atom. The van der Waals surface area contributed by atoms with Gasteiger partial charge in [0.1, 0.15) is 17.2 Å². The molecule has 2 aliphatic rings. The standard InChI is InChI=1S/C19H13N3O6S2/c1-8-5-12(23)13(19(27)28-8)17(25)20-10-4-2-3-9(6-10)16(24)22-14-15-11(7-29-30-15)21-18(14)26/h2-7,23H,1H3,(H,20,25)(H,21,26)(H,22,24). The highest BCUT2D eigenvalue weighted by Crippen LogP contribution is 2.35. The first kappa shape index (κ1) is 19.6. The number of aromatic nitrogens is 1. The molecule has 0 saturated carbocycles. The van der Waals surface area contributed by atoms with Crippen molar-refractivity contribution in [2.45, 2.75) is 6.92 Å². The summed E-state index contributed by atoms with van der Waals surface area (Å²) in [6.07, 6.45) is 0. The summed E-state index contributed by atoms with van der Waals surface area (Å²) >= 11 is 0. The molecule has 2 amide bonds. The van der Waals surface area contributed by atoms with Crippen molar-refractivity contribution >= 4 is 43.9 Å². The van der Waals surface area contributed by atoms with Crippen LogP contribution in [0.5, 0.6) is 5.75 Å². The van der Waals surface area contributed by atoms with Crippen molar-refractivity contribution in [1.82, 2.24) is 4.98 Å². The molecule has 30 heavy (non-hydrogen) atoms. The quantitative estimate of drug-likeness (QED) is 0.357. The molecule has 1 aromatic carbocycles. The summed E-state index contributed by atoms with van der Waals surface area (Å²) in [6.45, 7) is 1.47. The van der Waals surface area contributed by atoms with Gasteiger partial charge in [0, 0.05) is 22.7 Å². The second-order valence-corrected chi connectivity index (χ2v) is 8.34. The Balaban J connectivity index is 1.56. The van der Waals surface area contributed by atoms with Gasteiger partial charge >= 0.3 is 5.63 Å². The van der Waals surface area contributed by atoms with E-state index in [2.05, 4.69) is 15.6 Å². The van der Waals surface area contributed by atoms with Crippen molar-refractivity contribution < 1.29 is 19.1 Å². The largest absolute Gasteiger partial charge is 0.507 e. The van der Waals surface area contributed by atoms with Gasteiger partial charge in [-0.15, -0.1) is 0 Å². The number of carbonyl (C=O) groups excluding carboxylic acids is 2. The highest BCUT2D eigenvalue weighted by molar-refractivity contribution is 7.70. The zero-order chi connectivity index (χ0) is 21.4. The topological polar surface area (TPSA) is 142 Å². The molecular formula is C19H13N3O6S2. The van der Waals surface area contributed by atoms with Crippen LogP contribution in [0, 0.1) is 6.92 Å². The predicted molar refractivity (Wildman–Crippen MR) is 113 cm³/mol. The maximum atomic E-state index is 12.6. The predicted octanol–water partition coefficient (Wildman–Crippen LogP) is 3.07. The van der Waals surface area contributed by atoms with E-state index in [1.807, 2.05) is 0 Å². The molecule has 0 radical (unpaired) electrons. The van der Waals surface area contributed by atoms with E-state index in [9.17, 15) is 24.3 Å². The Morgan fingerprint density at radius 2 is 1.93 bits per heavy atom. The number of fused-ring (bicyclic) bond motifs is 1. The highest BCUT2D eigenvalue weighted by Gasteiger charge is 2.21. The molecular weight excluding hydrogens is 430 g/mol. The van der Waals surface area contributed by atoms with Crippen LogP contribution in [-0.2, 0) is 0 Å². The van der Waals surface area contributed by atoms with Gasteiger partial charge in [-0.2, -0.15) is 0 Å². The van der Waals surface area contributed by atoms with Crippen LogP contribution in [0.3, 0.4) is 0 Å². The zero-order valence-corrected chi connectivity index (χ0v) is 16.9. The average Bonchev–Trinajstić information content (AvgIpc) is 3.23. The Bertz CT molecular complexity index is 1360. The SMILES string of the molecule is Cc1cc(O)c(C(=O)Nc2cccc(C(=O)Nc3c4sscc-4[nH]c3=O)c2)c(=O)o1. The minimum Gasteiger partial charge on any atom is -0.507 e. The Morgan fingerprint density at radius 1 is 1.13 bits per heavy atom. The molecule has 0 bridgehead atoms. The van der Waals surface area contributed by atoms with E-state index in [-0.39, 0.29) is 22.7 Å². The lowest BCUT2D eigenvalue weighted by Gasteiger charge is -2.08. The van der Waals surface area contributed by atoms with Gasteiger partial charge in [-0.1, -0.05) is 26.7 Å². The number of nitrogens with one attached hydrogen (secondary N) is 3. The lowest BCUT2D eigenvalue weighted by molar-refractivity contribution is 0.101. The number of anilines is 2. The normalized spacial score (nSPS) is 10.8. The van der Waals surface area contributed by atoms with E-state index in [0.29, 0.717) is 10.6 Å². The molecule has 4 rings (SSSR count). The zero-order valence-electron chi connectivity index (χ0n) is 15.3.